The standard InChI is InChI=1S/C41H35N3O4.CH4O3S/c1-24-12-14-26-22-34-36-28(32(26)20-24)8-5-10-30(36)38(45)43(40(34)47)18-4-3-16-42-17-7-19-44-39(46)31-11-6-9-29-33-21-25(2)13-15-27(33)23-35(37(29)31)41(44)48;1-5(2,3)4/h5-6,8-15,20-23,42H,3-4,7,16-19H2,1-2H3;1H3,(H,2,3,4). The Morgan fingerprint density at radius 3 is 1.43 bits per heavy atom. The fourth-order valence-electron chi connectivity index (χ4n) is 7.52. The van der Waals surface area contributed by atoms with Gasteiger partial charge in [0, 0.05) is 46.1 Å². The maximum Gasteiger partial charge on any atom is 0.261 e. The Balaban J connectivity index is 0.000000817. The van der Waals surface area contributed by atoms with Crippen LogP contribution in [0.2, 0.25) is 0 Å². The van der Waals surface area contributed by atoms with Crippen molar-refractivity contribution in [2.45, 2.75) is 33.1 Å². The van der Waals surface area contributed by atoms with Crippen molar-refractivity contribution >= 4 is 76.8 Å². The molecule has 0 fully saturated rings. The molecule has 0 atom stereocenters. The van der Waals surface area contributed by atoms with E-state index >= 15 is 0 Å². The van der Waals surface area contributed by atoms with E-state index in [9.17, 15) is 27.6 Å². The summed E-state index contributed by atoms with van der Waals surface area (Å²) in [6.07, 6.45) is 2.77. The quantitative estimate of drug-likeness (QED) is 0.0697. The number of benzene rings is 6. The van der Waals surface area contributed by atoms with Gasteiger partial charge in [-0.25, -0.2) is 0 Å². The van der Waals surface area contributed by atoms with Gasteiger partial charge in [-0.15, -0.1) is 0 Å². The van der Waals surface area contributed by atoms with Crippen LogP contribution in [0.25, 0.3) is 43.1 Å². The largest absolute Gasteiger partial charge is 0.317 e. The van der Waals surface area contributed by atoms with Crippen molar-refractivity contribution in [1.29, 1.82) is 0 Å². The summed E-state index contributed by atoms with van der Waals surface area (Å²) in [5.74, 6) is -0.978. The highest BCUT2D eigenvalue weighted by Gasteiger charge is 2.34. The predicted octanol–water partition coefficient (Wildman–Crippen LogP) is 7.07. The zero-order valence-electron chi connectivity index (χ0n) is 29.7. The molecule has 0 unspecified atom stereocenters. The Labute approximate surface area is 307 Å². The molecule has 0 aromatic heterocycles. The summed E-state index contributed by atoms with van der Waals surface area (Å²) in [6, 6.07) is 27.6. The van der Waals surface area contributed by atoms with Gasteiger partial charge in [-0.05, 0) is 103 Å². The molecule has 0 aliphatic carbocycles. The van der Waals surface area contributed by atoms with Crippen LogP contribution in [0.15, 0.2) is 84.9 Å². The second kappa shape index (κ2) is 14.1. The molecule has 0 spiro atoms. The highest BCUT2D eigenvalue weighted by Crippen LogP contribution is 2.37. The zero-order valence-corrected chi connectivity index (χ0v) is 30.5. The zero-order chi connectivity index (χ0) is 37.6. The van der Waals surface area contributed by atoms with Gasteiger partial charge in [0.1, 0.15) is 0 Å². The normalized spacial score (nSPS) is 14.1. The molecule has 10 nitrogen and oxygen atoms in total. The van der Waals surface area contributed by atoms with E-state index in [-0.39, 0.29) is 23.6 Å². The maximum atomic E-state index is 13.6. The third kappa shape index (κ3) is 6.91. The summed E-state index contributed by atoms with van der Waals surface area (Å²) in [6.45, 7) is 6.08. The minimum Gasteiger partial charge on any atom is -0.317 e. The molecule has 4 amide bonds. The Morgan fingerprint density at radius 1 is 0.547 bits per heavy atom. The second-order valence-electron chi connectivity index (χ2n) is 13.8. The van der Waals surface area contributed by atoms with E-state index in [1.165, 1.54) is 9.80 Å². The molecule has 0 radical (unpaired) electrons. The van der Waals surface area contributed by atoms with E-state index in [2.05, 4.69) is 17.4 Å². The van der Waals surface area contributed by atoms with Crippen LogP contribution in [-0.2, 0) is 10.1 Å². The Kier molecular flexibility index (Phi) is 9.58. The van der Waals surface area contributed by atoms with E-state index in [1.54, 1.807) is 0 Å². The van der Waals surface area contributed by atoms with Crippen molar-refractivity contribution in [3.8, 4) is 0 Å². The van der Waals surface area contributed by atoms with Crippen LogP contribution in [0, 0.1) is 13.8 Å². The van der Waals surface area contributed by atoms with Gasteiger partial charge in [0.25, 0.3) is 33.7 Å². The molecule has 0 saturated carbocycles. The lowest BCUT2D eigenvalue weighted by atomic mass is 9.89. The van der Waals surface area contributed by atoms with E-state index in [0.717, 1.165) is 60.6 Å². The van der Waals surface area contributed by atoms with Crippen molar-refractivity contribution in [3.63, 3.8) is 0 Å². The molecule has 0 bridgehead atoms. The van der Waals surface area contributed by atoms with Crippen LogP contribution in [0.4, 0.5) is 0 Å². The molecule has 11 heteroatoms. The van der Waals surface area contributed by atoms with Crippen LogP contribution in [0.1, 0.15) is 71.8 Å². The van der Waals surface area contributed by atoms with Crippen LogP contribution >= 0.6 is 0 Å². The first-order valence-electron chi connectivity index (χ1n) is 17.6. The van der Waals surface area contributed by atoms with Crippen molar-refractivity contribution in [2.75, 3.05) is 32.4 Å². The van der Waals surface area contributed by atoms with Crippen LogP contribution in [-0.4, -0.2) is 78.8 Å². The number of carbonyl (C=O) groups excluding carboxylic acids is 4. The van der Waals surface area contributed by atoms with Gasteiger partial charge in [-0.3, -0.25) is 33.5 Å². The molecule has 2 heterocycles. The fraction of sp³-hybridized carbons (Fsp3) is 0.238. The molecule has 8 rings (SSSR count). The molecule has 2 aliphatic rings. The number of nitrogens with one attached hydrogen (secondary N) is 1. The number of hydrogen-bond acceptors (Lipinski definition) is 7. The van der Waals surface area contributed by atoms with E-state index in [1.807, 2.05) is 86.6 Å². The molecule has 270 valence electrons. The number of rotatable bonds is 9. The van der Waals surface area contributed by atoms with Gasteiger partial charge in [-0.2, -0.15) is 8.42 Å². The van der Waals surface area contributed by atoms with E-state index < -0.39 is 10.1 Å². The first kappa shape index (κ1) is 35.9. The Hall–Kier alpha value is -5.49. The van der Waals surface area contributed by atoms with Crippen molar-refractivity contribution in [1.82, 2.24) is 15.1 Å². The smallest absolute Gasteiger partial charge is 0.261 e. The average molecular weight is 730 g/mol. The van der Waals surface area contributed by atoms with Gasteiger partial charge in [-0.1, -0.05) is 71.8 Å². The average Bonchev–Trinajstić information content (AvgIpc) is 3.12. The van der Waals surface area contributed by atoms with E-state index in [0.29, 0.717) is 67.5 Å². The lowest BCUT2D eigenvalue weighted by Crippen LogP contribution is -2.41. The summed E-state index contributed by atoms with van der Waals surface area (Å²) >= 11 is 0. The first-order valence-corrected chi connectivity index (χ1v) is 19.4. The van der Waals surface area contributed by atoms with Gasteiger partial charge in [0.15, 0.2) is 0 Å². The number of amides is 4. The molecule has 0 saturated heterocycles. The Bertz CT molecular complexity index is 2460. The second-order valence-corrected chi connectivity index (χ2v) is 15.3. The molecule has 6 aromatic carbocycles. The maximum absolute atomic E-state index is 13.6. The van der Waals surface area contributed by atoms with Crippen LogP contribution in [0.3, 0.4) is 0 Å². The monoisotopic (exact) mass is 729 g/mol. The number of aryl methyl sites for hydroxylation is 2. The number of unbranched alkanes of at least 4 members (excludes halogenated alkanes) is 1. The third-order valence-corrected chi connectivity index (χ3v) is 9.89. The number of imide groups is 2. The van der Waals surface area contributed by atoms with Crippen LogP contribution < -0.4 is 5.32 Å². The minimum atomic E-state index is -3.67. The minimum absolute atomic E-state index is 0.240. The molecule has 6 aromatic rings. The van der Waals surface area contributed by atoms with Gasteiger partial charge in [0.2, 0.25) is 0 Å². The van der Waals surface area contributed by atoms with E-state index in [4.69, 9.17) is 4.55 Å². The summed E-state index contributed by atoms with van der Waals surface area (Å²) < 4.78 is 25.9. The predicted molar refractivity (Wildman–Crippen MR) is 207 cm³/mol. The highest BCUT2D eigenvalue weighted by atomic mass is 32.2. The first-order chi connectivity index (χ1) is 25.3. The van der Waals surface area contributed by atoms with Crippen molar-refractivity contribution in [3.05, 3.63) is 118 Å². The Morgan fingerprint density at radius 2 is 0.962 bits per heavy atom. The lowest BCUT2D eigenvalue weighted by Gasteiger charge is -2.28. The molecular formula is C42H39N3O7S. The van der Waals surface area contributed by atoms with Crippen LogP contribution in [0.5, 0.6) is 0 Å². The van der Waals surface area contributed by atoms with Crippen molar-refractivity contribution in [2.24, 2.45) is 0 Å². The van der Waals surface area contributed by atoms with Crippen molar-refractivity contribution < 1.29 is 32.1 Å². The molecule has 53 heavy (non-hydrogen) atoms. The van der Waals surface area contributed by atoms with Gasteiger partial charge < -0.3 is 5.32 Å². The summed E-state index contributed by atoms with van der Waals surface area (Å²) in [7, 11) is -3.67. The number of hydrogen-bond donors (Lipinski definition) is 2. The molecule has 2 N–H and O–H groups in total. The number of carbonyl (C=O) groups is 4. The van der Waals surface area contributed by atoms with Gasteiger partial charge >= 0.3 is 0 Å². The SMILES string of the molecule is CS(=O)(=O)O.Cc1ccc2cc3c4c(cccc4c2c1)C(=O)N(CCCCNCCCN1C(=O)c2cccc4c2c(cc2ccc(C)cc24)C1=O)C3=O. The topological polar surface area (TPSA) is 141 Å². The number of fused-ring (bicyclic) bond motifs is 4. The highest BCUT2D eigenvalue weighted by molar-refractivity contribution is 7.85. The van der Waals surface area contributed by atoms with Gasteiger partial charge in [0.05, 0.1) is 6.26 Å². The summed E-state index contributed by atoms with van der Waals surface area (Å²) in [4.78, 5) is 56.8. The fourth-order valence-corrected chi connectivity index (χ4v) is 7.52. The number of nitrogens with zero attached hydrogens (tertiary/aromatic N) is 2. The summed E-state index contributed by atoms with van der Waals surface area (Å²) in [5.41, 5.74) is 4.57. The third-order valence-electron chi connectivity index (χ3n) is 9.89. The molecular weight excluding hydrogens is 691 g/mol. The molecule has 2 aliphatic heterocycles. The lowest BCUT2D eigenvalue weighted by molar-refractivity contribution is 0.0591. The summed E-state index contributed by atoms with van der Waals surface area (Å²) in [5, 5.41) is 10.8.